The minimum Gasteiger partial charge on any atom is -0.503 e. The smallest absolute Gasteiger partial charge is 0.306 e. The van der Waals surface area contributed by atoms with Crippen molar-refractivity contribution in [2.24, 2.45) is 5.73 Å². The topological polar surface area (TPSA) is 112 Å². The number of aromatic nitrogens is 1. The fourth-order valence-corrected chi connectivity index (χ4v) is 2.89. The normalized spacial score (nSPS) is 10.4. The van der Waals surface area contributed by atoms with Crippen molar-refractivity contribution in [2.75, 3.05) is 6.54 Å². The molecule has 0 radical (unpaired) electrons. The largest absolute Gasteiger partial charge is 0.503 e. The fraction of sp³-hybridized carbons (Fsp3) is 0.650. The van der Waals surface area contributed by atoms with E-state index in [9.17, 15) is 19.5 Å². The number of hydrogen-bond donors (Lipinski definition) is 2. The Labute approximate surface area is 172 Å². The zero-order chi connectivity index (χ0) is 20.2. The van der Waals surface area contributed by atoms with Crippen molar-refractivity contribution in [1.82, 2.24) is 4.57 Å². The second kappa shape index (κ2) is 14.2. The molecule has 0 amide bonds. The van der Waals surface area contributed by atoms with Gasteiger partial charge in [0.15, 0.2) is 5.75 Å². The van der Waals surface area contributed by atoms with Crippen LogP contribution in [0.5, 0.6) is 5.75 Å². The van der Waals surface area contributed by atoms with E-state index in [1.54, 1.807) is 6.92 Å². The molecule has 0 bridgehead atoms. The highest BCUT2D eigenvalue weighted by Crippen LogP contribution is 2.18. The van der Waals surface area contributed by atoms with Crippen LogP contribution in [0.25, 0.3) is 0 Å². The first-order valence-corrected chi connectivity index (χ1v) is 9.70. The van der Waals surface area contributed by atoms with Crippen molar-refractivity contribution >= 4 is 24.2 Å². The lowest BCUT2D eigenvalue weighted by atomic mass is 10.1. The average Bonchev–Trinajstić information content (AvgIpc) is 2.65. The fourth-order valence-electron chi connectivity index (χ4n) is 2.89. The molecule has 1 aromatic heterocycles. The molecule has 1 aromatic rings. The van der Waals surface area contributed by atoms with Gasteiger partial charge in [0, 0.05) is 24.7 Å². The molecule has 1 heterocycles. The second-order valence-electron chi connectivity index (χ2n) is 6.77. The summed E-state index contributed by atoms with van der Waals surface area (Å²) in [6.07, 6.45) is 6.72. The number of hydrogen-bond acceptors (Lipinski definition) is 6. The Kier molecular flexibility index (Phi) is 13.2. The van der Waals surface area contributed by atoms with Crippen molar-refractivity contribution in [3.05, 3.63) is 27.7 Å². The van der Waals surface area contributed by atoms with Crippen LogP contribution in [0.3, 0.4) is 0 Å². The highest BCUT2D eigenvalue weighted by Gasteiger charge is 2.15. The summed E-state index contributed by atoms with van der Waals surface area (Å²) in [5.74, 6) is -1.17. The van der Waals surface area contributed by atoms with E-state index in [1.807, 2.05) is 4.57 Å². The molecule has 0 fully saturated rings. The maximum absolute atomic E-state index is 11.9. The summed E-state index contributed by atoms with van der Waals surface area (Å²) in [4.78, 5) is 34.9. The Morgan fingerprint density at radius 3 is 2.43 bits per heavy atom. The third-order valence-corrected chi connectivity index (χ3v) is 4.54. The molecule has 7 nitrogen and oxygen atoms in total. The van der Waals surface area contributed by atoms with Crippen molar-refractivity contribution in [3.63, 3.8) is 0 Å². The number of aryl methyl sites for hydroxylation is 1. The number of carbonyl (C=O) groups is 2. The van der Waals surface area contributed by atoms with Gasteiger partial charge >= 0.3 is 5.97 Å². The number of pyridine rings is 1. The predicted molar refractivity (Wildman–Crippen MR) is 111 cm³/mol. The van der Waals surface area contributed by atoms with Gasteiger partial charge in [-0.25, -0.2) is 0 Å². The highest BCUT2D eigenvalue weighted by atomic mass is 35.5. The molecule has 3 N–H and O–H groups in total. The highest BCUT2D eigenvalue weighted by molar-refractivity contribution is 5.85. The molecule has 28 heavy (non-hydrogen) atoms. The number of halogens is 1. The number of nitrogens with zero attached hydrogens (tertiary/aromatic N) is 1. The summed E-state index contributed by atoms with van der Waals surface area (Å²) in [5.41, 5.74) is 5.73. The Balaban J connectivity index is 0.00000729. The quantitative estimate of drug-likeness (QED) is 0.377. The number of ether oxygens (including phenoxy) is 1. The Bertz CT molecular complexity index is 688. The number of ketones is 1. The summed E-state index contributed by atoms with van der Waals surface area (Å²) >= 11 is 0. The molecule has 0 aliphatic carbocycles. The van der Waals surface area contributed by atoms with Crippen LogP contribution in [0.4, 0.5) is 0 Å². The zero-order valence-electron chi connectivity index (χ0n) is 16.9. The van der Waals surface area contributed by atoms with Crippen molar-refractivity contribution < 1.29 is 19.4 Å². The van der Waals surface area contributed by atoms with E-state index in [1.165, 1.54) is 25.3 Å². The molecular formula is C20H33ClN2O5. The molecule has 0 aliphatic rings. The first-order chi connectivity index (χ1) is 12.9. The van der Waals surface area contributed by atoms with Gasteiger partial charge < -0.3 is 20.1 Å². The second-order valence-corrected chi connectivity index (χ2v) is 6.77. The van der Waals surface area contributed by atoms with Gasteiger partial charge in [-0.05, 0) is 13.3 Å². The van der Waals surface area contributed by atoms with E-state index in [0.29, 0.717) is 12.2 Å². The van der Waals surface area contributed by atoms with Gasteiger partial charge in [0.25, 0.3) is 0 Å². The van der Waals surface area contributed by atoms with Crippen LogP contribution in [0.15, 0.2) is 10.9 Å². The lowest BCUT2D eigenvalue weighted by molar-refractivity contribution is -0.146. The van der Waals surface area contributed by atoms with E-state index in [0.717, 1.165) is 25.0 Å². The van der Waals surface area contributed by atoms with Crippen molar-refractivity contribution in [3.8, 4) is 5.75 Å². The number of carbonyl (C=O) groups excluding carboxylic acids is 2. The summed E-state index contributed by atoms with van der Waals surface area (Å²) < 4.78 is 6.99. The molecule has 0 saturated heterocycles. The van der Waals surface area contributed by atoms with Crippen LogP contribution >= 0.6 is 12.4 Å². The number of Topliss-reactive ketones (excluding diaryl/α,β-unsaturated/α-hetero) is 1. The van der Waals surface area contributed by atoms with E-state index < -0.39 is 17.1 Å². The third kappa shape index (κ3) is 8.89. The Morgan fingerprint density at radius 2 is 1.79 bits per heavy atom. The molecule has 0 aromatic carbocycles. The standard InChI is InChI=1S/C20H32N2O5.ClH/c1-3-4-5-6-7-8-11-22-15(2)12-18(24)20(26)17(22)14-27-19(25)10-9-16(23)13-21;/h12,26H,3-11,13-14,21H2,1-2H3;1H. The van der Waals surface area contributed by atoms with Crippen LogP contribution in [-0.4, -0.2) is 28.0 Å². The van der Waals surface area contributed by atoms with Gasteiger partial charge in [0.2, 0.25) is 5.43 Å². The predicted octanol–water partition coefficient (Wildman–Crippen LogP) is 3.00. The summed E-state index contributed by atoms with van der Waals surface area (Å²) in [6, 6.07) is 1.39. The van der Waals surface area contributed by atoms with E-state index >= 15 is 0 Å². The van der Waals surface area contributed by atoms with E-state index in [-0.39, 0.29) is 44.2 Å². The van der Waals surface area contributed by atoms with Crippen molar-refractivity contribution in [1.29, 1.82) is 0 Å². The molecule has 0 saturated carbocycles. The molecule has 8 heteroatoms. The lowest BCUT2D eigenvalue weighted by Crippen LogP contribution is -2.19. The van der Waals surface area contributed by atoms with Gasteiger partial charge in [-0.1, -0.05) is 39.0 Å². The van der Waals surface area contributed by atoms with Crippen LogP contribution < -0.4 is 11.2 Å². The average molecular weight is 417 g/mol. The van der Waals surface area contributed by atoms with E-state index in [2.05, 4.69) is 6.92 Å². The number of nitrogens with two attached hydrogens (primary N) is 1. The number of esters is 1. The molecule has 1 rings (SSSR count). The maximum Gasteiger partial charge on any atom is 0.306 e. The molecule has 0 atom stereocenters. The van der Waals surface area contributed by atoms with Gasteiger partial charge in [0.1, 0.15) is 18.1 Å². The van der Waals surface area contributed by atoms with Crippen LogP contribution in [0.2, 0.25) is 0 Å². The van der Waals surface area contributed by atoms with Gasteiger partial charge in [-0.3, -0.25) is 14.4 Å². The lowest BCUT2D eigenvalue weighted by Gasteiger charge is -2.18. The third-order valence-electron chi connectivity index (χ3n) is 4.54. The van der Waals surface area contributed by atoms with Gasteiger partial charge in [-0.15, -0.1) is 12.4 Å². The van der Waals surface area contributed by atoms with Crippen LogP contribution in [0, 0.1) is 6.92 Å². The SMILES string of the molecule is CCCCCCCCn1c(C)cc(=O)c(O)c1COC(=O)CCC(=O)CN.Cl. The van der Waals surface area contributed by atoms with Gasteiger partial charge in [0.05, 0.1) is 13.0 Å². The van der Waals surface area contributed by atoms with Crippen LogP contribution in [0.1, 0.15) is 69.7 Å². The minimum atomic E-state index is -0.559. The monoisotopic (exact) mass is 416 g/mol. The molecule has 0 unspecified atom stereocenters. The number of rotatable bonds is 13. The summed E-state index contributed by atoms with van der Waals surface area (Å²) in [5, 5.41) is 10.1. The molecule has 160 valence electrons. The summed E-state index contributed by atoms with van der Waals surface area (Å²) in [7, 11) is 0. The molecule has 0 aliphatic heterocycles. The molecular weight excluding hydrogens is 384 g/mol. The molecule has 0 spiro atoms. The Hall–Kier alpha value is -1.86. The summed E-state index contributed by atoms with van der Waals surface area (Å²) in [6.45, 7) is 4.30. The van der Waals surface area contributed by atoms with E-state index in [4.69, 9.17) is 10.5 Å². The van der Waals surface area contributed by atoms with Crippen molar-refractivity contribution in [2.45, 2.75) is 78.4 Å². The van der Waals surface area contributed by atoms with Crippen LogP contribution in [-0.2, 0) is 27.5 Å². The number of unbranched alkanes of at least 4 members (excludes halogenated alkanes) is 5. The first-order valence-electron chi connectivity index (χ1n) is 9.70. The minimum absolute atomic E-state index is 0. The van der Waals surface area contributed by atoms with Gasteiger partial charge in [-0.2, -0.15) is 0 Å². The first kappa shape index (κ1) is 26.1. The Morgan fingerprint density at radius 1 is 1.14 bits per heavy atom. The zero-order valence-corrected chi connectivity index (χ0v) is 17.7. The maximum atomic E-state index is 11.9. The number of aromatic hydroxyl groups is 1.